The second-order valence-corrected chi connectivity index (χ2v) is 7.69. The van der Waals surface area contributed by atoms with Crippen LogP contribution in [-0.2, 0) is 11.2 Å². The van der Waals surface area contributed by atoms with Gasteiger partial charge in [-0.1, -0.05) is 26.8 Å². The number of aliphatic imine (C=N–C) groups is 1. The first kappa shape index (κ1) is 28.0. The number of guanidine groups is 1. The number of methoxy groups -OCH3 is 2. The van der Waals surface area contributed by atoms with Gasteiger partial charge in [0.05, 0.1) is 20.6 Å². The fraction of sp³-hybridized carbons (Fsp3) is 0.591. The van der Waals surface area contributed by atoms with Gasteiger partial charge < -0.3 is 30.9 Å². The number of hydrogen-bond acceptors (Lipinski definition) is 4. The van der Waals surface area contributed by atoms with Crippen molar-refractivity contribution in [2.45, 2.75) is 66.0 Å². The predicted octanol–water partition coefficient (Wildman–Crippen LogP) is 3.16. The standard InChI is InChI=1S/C17H27N3O3.C5H11NO2/c1-11(2)8-12(3)19-17(18)20-16(21)10-13-6-7-14(22-4)15(9-13)23-5;1-3-4(2)6-5(7)8/h6-7,9,11-12H,8,10H2,1-5H3,(H3,18,19,20,21);4,6H,3H2,1-2H3,(H,7,8)/t12-;4-/m10/s1. The zero-order chi connectivity index (χ0) is 24.0. The number of carbonyl (C=O) groups excluding carboxylic acids is 1. The molecule has 31 heavy (non-hydrogen) atoms. The van der Waals surface area contributed by atoms with Crippen LogP contribution in [0.25, 0.3) is 0 Å². The van der Waals surface area contributed by atoms with E-state index in [-0.39, 0.29) is 30.4 Å². The van der Waals surface area contributed by atoms with Crippen molar-refractivity contribution in [1.29, 1.82) is 0 Å². The van der Waals surface area contributed by atoms with E-state index in [0.717, 1.165) is 18.4 Å². The molecule has 1 aromatic carbocycles. The van der Waals surface area contributed by atoms with Gasteiger partial charge in [0, 0.05) is 12.1 Å². The fourth-order valence-electron chi connectivity index (χ4n) is 2.70. The van der Waals surface area contributed by atoms with Crippen LogP contribution in [0, 0.1) is 5.92 Å². The third-order valence-electron chi connectivity index (χ3n) is 4.25. The van der Waals surface area contributed by atoms with Crippen LogP contribution in [0.5, 0.6) is 11.5 Å². The summed E-state index contributed by atoms with van der Waals surface area (Å²) in [5.74, 6) is 1.60. The topological polar surface area (TPSA) is 135 Å². The highest BCUT2D eigenvalue weighted by atomic mass is 16.5. The normalized spacial score (nSPS) is 12.8. The second-order valence-electron chi connectivity index (χ2n) is 7.69. The Hall–Kier alpha value is -2.97. The Kier molecular flexibility index (Phi) is 13.5. The minimum atomic E-state index is -0.945. The van der Waals surface area contributed by atoms with Crippen LogP contribution >= 0.6 is 0 Å². The zero-order valence-electron chi connectivity index (χ0n) is 19.7. The molecule has 0 heterocycles. The fourth-order valence-corrected chi connectivity index (χ4v) is 2.70. The lowest BCUT2D eigenvalue weighted by Gasteiger charge is -2.16. The number of nitrogens with two attached hydrogens (primary N) is 1. The summed E-state index contributed by atoms with van der Waals surface area (Å²) in [6, 6.07) is 5.58. The Morgan fingerprint density at radius 1 is 1.06 bits per heavy atom. The van der Waals surface area contributed by atoms with Crippen LogP contribution in [0.4, 0.5) is 4.79 Å². The Morgan fingerprint density at radius 3 is 2.13 bits per heavy atom. The molecule has 0 saturated heterocycles. The van der Waals surface area contributed by atoms with Gasteiger partial charge >= 0.3 is 6.09 Å². The van der Waals surface area contributed by atoms with Gasteiger partial charge in [0.2, 0.25) is 0 Å². The Bertz CT molecular complexity index is 722. The molecule has 5 N–H and O–H groups in total. The SMILES string of the molecule is CC[C@H](C)NC(=O)O.COc1ccc(CC(=O)N=C(N)N[C@H](C)CC(C)C)cc1OC. The molecule has 9 nitrogen and oxygen atoms in total. The molecule has 0 bridgehead atoms. The number of nitrogens with zero attached hydrogens (tertiary/aromatic N) is 1. The van der Waals surface area contributed by atoms with Crippen molar-refractivity contribution in [3.8, 4) is 11.5 Å². The average molecular weight is 439 g/mol. The molecule has 176 valence electrons. The summed E-state index contributed by atoms with van der Waals surface area (Å²) in [6.07, 6.45) is 1.01. The van der Waals surface area contributed by atoms with Crippen molar-refractivity contribution in [1.82, 2.24) is 10.6 Å². The second kappa shape index (κ2) is 14.9. The monoisotopic (exact) mass is 438 g/mol. The van der Waals surface area contributed by atoms with Crippen molar-refractivity contribution in [2.24, 2.45) is 16.6 Å². The molecular weight excluding hydrogens is 400 g/mol. The molecule has 0 unspecified atom stereocenters. The molecule has 1 aromatic rings. The van der Waals surface area contributed by atoms with E-state index in [0.29, 0.717) is 17.4 Å². The first-order valence-corrected chi connectivity index (χ1v) is 10.4. The number of amides is 2. The van der Waals surface area contributed by atoms with Crippen molar-refractivity contribution in [2.75, 3.05) is 14.2 Å². The smallest absolute Gasteiger partial charge is 0.404 e. The highest BCUT2D eigenvalue weighted by Crippen LogP contribution is 2.27. The molecule has 0 saturated carbocycles. The molecule has 1 rings (SSSR count). The predicted molar refractivity (Wildman–Crippen MR) is 123 cm³/mol. The lowest BCUT2D eigenvalue weighted by atomic mass is 10.1. The van der Waals surface area contributed by atoms with Crippen LogP contribution in [0.2, 0.25) is 0 Å². The number of carbonyl (C=O) groups is 2. The number of hydrogen-bond donors (Lipinski definition) is 4. The third kappa shape index (κ3) is 13.0. The minimum Gasteiger partial charge on any atom is -0.493 e. The Morgan fingerprint density at radius 2 is 1.68 bits per heavy atom. The minimum absolute atomic E-state index is 0.0764. The molecule has 0 spiro atoms. The maximum Gasteiger partial charge on any atom is 0.404 e. The van der Waals surface area contributed by atoms with E-state index in [9.17, 15) is 9.59 Å². The summed E-state index contributed by atoms with van der Waals surface area (Å²) in [4.78, 5) is 25.7. The quantitative estimate of drug-likeness (QED) is 0.343. The number of ether oxygens (including phenoxy) is 2. The van der Waals surface area contributed by atoms with Gasteiger partial charge in [-0.05, 0) is 50.3 Å². The van der Waals surface area contributed by atoms with Crippen molar-refractivity contribution in [3.63, 3.8) is 0 Å². The molecule has 0 aliphatic carbocycles. The average Bonchev–Trinajstić information content (AvgIpc) is 2.66. The zero-order valence-corrected chi connectivity index (χ0v) is 19.7. The number of carboxylic acid groups (broad SMARTS) is 1. The van der Waals surface area contributed by atoms with Gasteiger partial charge in [0.1, 0.15) is 0 Å². The molecule has 0 aliphatic rings. The van der Waals surface area contributed by atoms with Crippen LogP contribution in [0.1, 0.15) is 53.0 Å². The van der Waals surface area contributed by atoms with Gasteiger partial charge in [-0.25, -0.2) is 4.79 Å². The van der Waals surface area contributed by atoms with Gasteiger partial charge in [-0.2, -0.15) is 4.99 Å². The van der Waals surface area contributed by atoms with Crippen LogP contribution < -0.4 is 25.8 Å². The van der Waals surface area contributed by atoms with E-state index in [1.165, 1.54) is 0 Å². The van der Waals surface area contributed by atoms with E-state index in [2.05, 4.69) is 29.5 Å². The first-order chi connectivity index (χ1) is 14.5. The Balaban J connectivity index is 0.000000954. The first-order valence-electron chi connectivity index (χ1n) is 10.4. The molecule has 0 aromatic heterocycles. The van der Waals surface area contributed by atoms with E-state index in [4.69, 9.17) is 20.3 Å². The third-order valence-corrected chi connectivity index (χ3v) is 4.25. The van der Waals surface area contributed by atoms with E-state index < -0.39 is 6.09 Å². The molecular formula is C22H38N4O5. The van der Waals surface area contributed by atoms with Crippen LogP contribution in [0.3, 0.4) is 0 Å². The maximum absolute atomic E-state index is 12.0. The van der Waals surface area contributed by atoms with E-state index in [1.54, 1.807) is 32.4 Å². The molecule has 0 fully saturated rings. The van der Waals surface area contributed by atoms with Crippen molar-refractivity contribution >= 4 is 18.0 Å². The molecule has 9 heteroatoms. The number of nitrogens with one attached hydrogen (secondary N) is 2. The van der Waals surface area contributed by atoms with E-state index >= 15 is 0 Å². The maximum atomic E-state index is 12.0. The molecule has 2 amide bonds. The lowest BCUT2D eigenvalue weighted by Crippen LogP contribution is -2.39. The van der Waals surface area contributed by atoms with E-state index in [1.807, 2.05) is 20.8 Å². The summed E-state index contributed by atoms with van der Waals surface area (Å²) in [6.45, 7) is 10.0. The highest BCUT2D eigenvalue weighted by Gasteiger charge is 2.10. The summed E-state index contributed by atoms with van der Waals surface area (Å²) in [7, 11) is 3.12. The van der Waals surface area contributed by atoms with Gasteiger partial charge in [0.15, 0.2) is 17.5 Å². The van der Waals surface area contributed by atoms with Crippen molar-refractivity contribution in [3.05, 3.63) is 23.8 Å². The van der Waals surface area contributed by atoms with Crippen LogP contribution in [-0.4, -0.2) is 49.4 Å². The molecule has 0 aliphatic heterocycles. The van der Waals surface area contributed by atoms with Gasteiger partial charge in [0.25, 0.3) is 5.91 Å². The molecule has 2 atom stereocenters. The summed E-state index contributed by atoms with van der Waals surface area (Å²) in [5.41, 5.74) is 6.57. The number of rotatable bonds is 9. The summed E-state index contributed by atoms with van der Waals surface area (Å²) >= 11 is 0. The van der Waals surface area contributed by atoms with Gasteiger partial charge in [-0.15, -0.1) is 0 Å². The van der Waals surface area contributed by atoms with Crippen molar-refractivity contribution < 1.29 is 24.2 Å². The Labute approximate surface area is 185 Å². The summed E-state index contributed by atoms with van der Waals surface area (Å²) in [5, 5.41) is 13.4. The lowest BCUT2D eigenvalue weighted by molar-refractivity contribution is -0.117. The molecule has 0 radical (unpaired) electrons. The number of benzene rings is 1. The highest BCUT2D eigenvalue weighted by molar-refractivity contribution is 5.93. The van der Waals surface area contributed by atoms with Gasteiger partial charge in [-0.3, -0.25) is 4.79 Å². The summed E-state index contributed by atoms with van der Waals surface area (Å²) < 4.78 is 10.4. The largest absolute Gasteiger partial charge is 0.493 e. The van der Waals surface area contributed by atoms with Crippen LogP contribution in [0.15, 0.2) is 23.2 Å².